The standard InChI is InChI=1S/C28H31N7O3/c1-17-12-25(31-33(17)3)30-23-13-18(15-32(2)28(23)38)20-7-9-29-26(22(20)16-36)35-11-8-24-21(27(35)37)14-19-6-4-5-10-34(19)24/h7,9,12-15,36H,4-6,8,10-11,16H2,1-3H3,(H,30,31). The Labute approximate surface area is 220 Å². The van der Waals surface area contributed by atoms with Crippen LogP contribution in [0, 0.1) is 6.92 Å². The molecule has 0 unspecified atom stereocenters. The van der Waals surface area contributed by atoms with Gasteiger partial charge in [-0.15, -0.1) is 0 Å². The average Bonchev–Trinajstić information content (AvgIpc) is 3.45. The maximum atomic E-state index is 13.7. The van der Waals surface area contributed by atoms with E-state index in [0.717, 1.165) is 54.7 Å². The van der Waals surface area contributed by atoms with Crippen LogP contribution in [-0.4, -0.2) is 41.5 Å². The van der Waals surface area contributed by atoms with Crippen molar-refractivity contribution in [1.29, 1.82) is 0 Å². The second kappa shape index (κ2) is 9.29. The minimum Gasteiger partial charge on any atom is -0.392 e. The lowest BCUT2D eigenvalue weighted by Crippen LogP contribution is -2.39. The van der Waals surface area contributed by atoms with Gasteiger partial charge in [0.25, 0.3) is 11.5 Å². The number of rotatable bonds is 5. The fourth-order valence-corrected chi connectivity index (χ4v) is 5.68. The SMILES string of the molecule is Cc1cc(Nc2cc(-c3ccnc(N4CCc5c(cc6n5CCCC6)C4=O)c3CO)cn(C)c2=O)nn1C. The molecule has 2 aliphatic heterocycles. The molecule has 0 fully saturated rings. The minimum absolute atomic E-state index is 0.0826. The van der Waals surface area contributed by atoms with E-state index in [-0.39, 0.29) is 18.1 Å². The van der Waals surface area contributed by atoms with E-state index in [9.17, 15) is 14.7 Å². The van der Waals surface area contributed by atoms with Gasteiger partial charge in [-0.25, -0.2) is 4.98 Å². The van der Waals surface area contributed by atoms with Gasteiger partial charge in [-0.2, -0.15) is 5.10 Å². The Kier molecular flexibility index (Phi) is 5.91. The van der Waals surface area contributed by atoms with Crippen LogP contribution in [0.4, 0.5) is 17.3 Å². The normalized spacial score (nSPS) is 14.9. The molecule has 10 heteroatoms. The van der Waals surface area contributed by atoms with Gasteiger partial charge in [0.15, 0.2) is 5.82 Å². The predicted octanol–water partition coefficient (Wildman–Crippen LogP) is 3.07. The Morgan fingerprint density at radius 2 is 1.89 bits per heavy atom. The third-order valence-corrected chi connectivity index (χ3v) is 7.72. The van der Waals surface area contributed by atoms with Crippen LogP contribution < -0.4 is 15.8 Å². The Balaban J connectivity index is 1.39. The maximum Gasteiger partial charge on any atom is 0.274 e. The van der Waals surface area contributed by atoms with Gasteiger partial charge in [-0.3, -0.25) is 19.2 Å². The summed E-state index contributed by atoms with van der Waals surface area (Å²) in [6.45, 7) is 3.10. The summed E-state index contributed by atoms with van der Waals surface area (Å²) in [4.78, 5) is 32.8. The molecule has 38 heavy (non-hydrogen) atoms. The molecule has 4 aromatic rings. The van der Waals surface area contributed by atoms with E-state index in [4.69, 9.17) is 0 Å². The molecule has 0 saturated heterocycles. The lowest BCUT2D eigenvalue weighted by molar-refractivity contribution is 0.0978. The molecular weight excluding hydrogens is 482 g/mol. The first-order valence-electron chi connectivity index (χ1n) is 13.0. The van der Waals surface area contributed by atoms with Crippen molar-refractivity contribution < 1.29 is 9.90 Å². The van der Waals surface area contributed by atoms with Crippen LogP contribution in [0.1, 0.15) is 45.8 Å². The number of carbonyl (C=O) groups excluding carboxylic acids is 1. The molecule has 196 valence electrons. The van der Waals surface area contributed by atoms with Gasteiger partial charge in [0.2, 0.25) is 0 Å². The molecular formula is C28H31N7O3. The lowest BCUT2D eigenvalue weighted by Gasteiger charge is -2.29. The fourth-order valence-electron chi connectivity index (χ4n) is 5.68. The number of nitrogens with zero attached hydrogens (tertiary/aromatic N) is 6. The van der Waals surface area contributed by atoms with Crippen LogP contribution in [0.2, 0.25) is 0 Å². The zero-order chi connectivity index (χ0) is 26.6. The maximum absolute atomic E-state index is 13.7. The second-order valence-electron chi connectivity index (χ2n) is 10.1. The Morgan fingerprint density at radius 3 is 2.66 bits per heavy atom. The number of pyridine rings is 2. The quantitative estimate of drug-likeness (QED) is 0.425. The first-order chi connectivity index (χ1) is 18.4. The summed E-state index contributed by atoms with van der Waals surface area (Å²) in [6, 6.07) is 7.46. The molecule has 0 aliphatic carbocycles. The number of amides is 1. The Morgan fingerprint density at radius 1 is 1.05 bits per heavy atom. The van der Waals surface area contributed by atoms with Crippen LogP contribution in [0.5, 0.6) is 0 Å². The summed E-state index contributed by atoms with van der Waals surface area (Å²) in [5, 5.41) is 18.0. The van der Waals surface area contributed by atoms with Gasteiger partial charge in [0.1, 0.15) is 11.5 Å². The van der Waals surface area contributed by atoms with Gasteiger partial charge in [-0.1, -0.05) is 0 Å². The van der Waals surface area contributed by atoms with Gasteiger partial charge < -0.3 is 19.6 Å². The summed E-state index contributed by atoms with van der Waals surface area (Å²) in [6.07, 6.45) is 7.41. The first kappa shape index (κ1) is 24.2. The number of hydrogen-bond acceptors (Lipinski definition) is 6. The molecule has 4 aromatic heterocycles. The van der Waals surface area contributed by atoms with Crippen molar-refractivity contribution in [2.45, 2.75) is 45.8 Å². The summed E-state index contributed by atoms with van der Waals surface area (Å²) in [5.74, 6) is 0.941. The molecule has 0 atom stereocenters. The van der Waals surface area contributed by atoms with Gasteiger partial charge in [0.05, 0.1) is 12.2 Å². The lowest BCUT2D eigenvalue weighted by atomic mass is 10.0. The molecule has 6 rings (SSSR count). The second-order valence-corrected chi connectivity index (χ2v) is 10.1. The smallest absolute Gasteiger partial charge is 0.274 e. The van der Waals surface area contributed by atoms with Crippen molar-refractivity contribution in [2.75, 3.05) is 16.8 Å². The number of nitrogens with one attached hydrogen (secondary N) is 1. The molecule has 2 aliphatic rings. The molecule has 0 bridgehead atoms. The Bertz CT molecular complexity index is 1610. The summed E-state index contributed by atoms with van der Waals surface area (Å²) in [7, 11) is 3.53. The van der Waals surface area contributed by atoms with Gasteiger partial charge in [0, 0.05) is 80.3 Å². The van der Waals surface area contributed by atoms with Crippen molar-refractivity contribution in [3.63, 3.8) is 0 Å². The molecule has 2 N–H and O–H groups in total. The van der Waals surface area contributed by atoms with Crippen LogP contribution in [0.3, 0.4) is 0 Å². The monoisotopic (exact) mass is 513 g/mol. The van der Waals surface area contributed by atoms with E-state index >= 15 is 0 Å². The van der Waals surface area contributed by atoms with E-state index in [1.54, 1.807) is 41.2 Å². The number of anilines is 3. The average molecular weight is 514 g/mol. The molecule has 0 aromatic carbocycles. The number of carbonyl (C=O) groups is 1. The number of aryl methyl sites for hydroxylation is 4. The molecule has 1 amide bonds. The summed E-state index contributed by atoms with van der Waals surface area (Å²) < 4.78 is 5.55. The van der Waals surface area contributed by atoms with E-state index < -0.39 is 0 Å². The first-order valence-corrected chi connectivity index (χ1v) is 13.0. The van der Waals surface area contributed by atoms with Gasteiger partial charge in [-0.05, 0) is 49.9 Å². The van der Waals surface area contributed by atoms with Crippen LogP contribution in [0.15, 0.2) is 41.5 Å². The summed E-state index contributed by atoms with van der Waals surface area (Å²) in [5.41, 5.74) is 6.18. The highest BCUT2D eigenvalue weighted by Crippen LogP contribution is 2.35. The fraction of sp³-hybridized carbons (Fsp3) is 0.357. The van der Waals surface area contributed by atoms with Crippen molar-refractivity contribution in [1.82, 2.24) is 23.9 Å². The number of aliphatic hydroxyl groups excluding tert-OH is 1. The number of aromatic nitrogens is 5. The highest BCUT2D eigenvalue weighted by Gasteiger charge is 2.32. The van der Waals surface area contributed by atoms with E-state index in [1.807, 2.05) is 26.1 Å². The number of aliphatic hydroxyl groups is 1. The number of hydrogen-bond donors (Lipinski definition) is 2. The highest BCUT2D eigenvalue weighted by molar-refractivity contribution is 6.08. The predicted molar refractivity (Wildman–Crippen MR) is 145 cm³/mol. The molecule has 0 spiro atoms. The largest absolute Gasteiger partial charge is 0.392 e. The Hall–Kier alpha value is -4.18. The summed E-state index contributed by atoms with van der Waals surface area (Å²) >= 11 is 0. The number of fused-ring (bicyclic) bond motifs is 3. The van der Waals surface area contributed by atoms with Crippen molar-refractivity contribution in [2.24, 2.45) is 14.1 Å². The van der Waals surface area contributed by atoms with Crippen molar-refractivity contribution >= 4 is 23.2 Å². The van der Waals surface area contributed by atoms with Crippen LogP contribution in [0.25, 0.3) is 11.1 Å². The van der Waals surface area contributed by atoms with Gasteiger partial charge >= 0.3 is 0 Å². The molecule has 0 saturated carbocycles. The highest BCUT2D eigenvalue weighted by atomic mass is 16.3. The van der Waals surface area contributed by atoms with E-state index in [2.05, 4.69) is 20.0 Å². The van der Waals surface area contributed by atoms with Crippen molar-refractivity contribution in [3.8, 4) is 11.1 Å². The molecule has 0 radical (unpaired) electrons. The topological polar surface area (TPSA) is 110 Å². The molecule has 10 nitrogen and oxygen atoms in total. The van der Waals surface area contributed by atoms with E-state index in [1.165, 1.54) is 10.3 Å². The van der Waals surface area contributed by atoms with Crippen LogP contribution in [-0.2, 0) is 40.1 Å². The molecule has 6 heterocycles. The van der Waals surface area contributed by atoms with Crippen LogP contribution >= 0.6 is 0 Å². The minimum atomic E-state index is -0.299. The third-order valence-electron chi connectivity index (χ3n) is 7.72. The van der Waals surface area contributed by atoms with Crippen molar-refractivity contribution in [3.05, 3.63) is 75.2 Å². The zero-order valence-corrected chi connectivity index (χ0v) is 21.9. The third kappa shape index (κ3) is 3.92. The zero-order valence-electron chi connectivity index (χ0n) is 21.9. The van der Waals surface area contributed by atoms with E-state index in [0.29, 0.717) is 35.0 Å².